The Morgan fingerprint density at radius 2 is 1.87 bits per heavy atom. The molecule has 0 N–H and O–H groups in total. The molecule has 0 aliphatic carbocycles. The molecule has 0 amide bonds. The fourth-order valence-electron chi connectivity index (χ4n) is 1.26. The number of hydrogen-bond donors (Lipinski definition) is 0. The molecule has 3 heteroatoms. The zero-order valence-corrected chi connectivity index (χ0v) is 9.61. The van der Waals surface area contributed by atoms with E-state index in [0.717, 1.165) is 22.3 Å². The number of aryl methyl sites for hydroxylation is 1. The summed E-state index contributed by atoms with van der Waals surface area (Å²) < 4.78 is 5.16. The van der Waals surface area contributed by atoms with Gasteiger partial charge in [0, 0.05) is 17.3 Å². The van der Waals surface area contributed by atoms with Crippen molar-refractivity contribution in [3.05, 3.63) is 30.2 Å². The fraction of sp³-hybridized carbons (Fsp3) is 0.333. The van der Waals surface area contributed by atoms with E-state index in [9.17, 15) is 0 Å². The molecule has 0 fully saturated rings. The molecule has 15 heavy (non-hydrogen) atoms. The first kappa shape index (κ1) is 11.4. The number of ether oxygens (including phenoxy) is 1. The van der Waals surface area contributed by atoms with E-state index in [0.29, 0.717) is 0 Å². The maximum atomic E-state index is 5.16. The monoisotopic (exact) mass is 204 g/mol. The quantitative estimate of drug-likeness (QED) is 0.716. The summed E-state index contributed by atoms with van der Waals surface area (Å²) in [5.74, 6) is 0.723. The zero-order valence-electron chi connectivity index (χ0n) is 9.61. The first-order valence-electron chi connectivity index (χ1n) is 5.06. The Bertz CT molecular complexity index is 441. The predicted molar refractivity (Wildman–Crippen MR) is 62.2 cm³/mol. The van der Waals surface area contributed by atoms with Gasteiger partial charge in [0.25, 0.3) is 0 Å². The number of fused-ring (bicyclic) bond motifs is 1. The van der Waals surface area contributed by atoms with Crippen LogP contribution in [0.2, 0.25) is 0 Å². The SMILES string of the molecule is CC.COc1cncc2ccc(C)nc12. The molecule has 0 bridgehead atoms. The Labute approximate surface area is 90.1 Å². The average molecular weight is 204 g/mol. The van der Waals surface area contributed by atoms with Crippen LogP contribution in [0.5, 0.6) is 5.75 Å². The van der Waals surface area contributed by atoms with Crippen molar-refractivity contribution in [1.82, 2.24) is 9.97 Å². The third kappa shape index (κ3) is 2.43. The predicted octanol–water partition coefficient (Wildman–Crippen LogP) is 2.97. The number of aromatic nitrogens is 2. The number of nitrogens with zero attached hydrogens (tertiary/aromatic N) is 2. The van der Waals surface area contributed by atoms with E-state index in [1.165, 1.54) is 0 Å². The molecule has 0 atom stereocenters. The van der Waals surface area contributed by atoms with Crippen molar-refractivity contribution in [3.8, 4) is 5.75 Å². The zero-order chi connectivity index (χ0) is 11.3. The first-order valence-corrected chi connectivity index (χ1v) is 5.06. The molecule has 2 heterocycles. The third-order valence-corrected chi connectivity index (χ3v) is 1.92. The number of pyridine rings is 2. The first-order chi connectivity index (χ1) is 7.31. The molecule has 0 aliphatic rings. The van der Waals surface area contributed by atoms with E-state index < -0.39 is 0 Å². The van der Waals surface area contributed by atoms with Crippen LogP contribution in [0.3, 0.4) is 0 Å². The molecule has 2 rings (SSSR count). The van der Waals surface area contributed by atoms with Gasteiger partial charge in [0.15, 0.2) is 5.75 Å². The van der Waals surface area contributed by atoms with E-state index >= 15 is 0 Å². The van der Waals surface area contributed by atoms with Gasteiger partial charge in [-0.3, -0.25) is 4.98 Å². The maximum Gasteiger partial charge on any atom is 0.163 e. The molecule has 0 saturated carbocycles. The lowest BCUT2D eigenvalue weighted by Crippen LogP contribution is -1.90. The summed E-state index contributed by atoms with van der Waals surface area (Å²) in [4.78, 5) is 8.43. The number of hydrogen-bond acceptors (Lipinski definition) is 3. The molecule has 0 unspecified atom stereocenters. The van der Waals surface area contributed by atoms with Gasteiger partial charge in [-0.25, -0.2) is 4.98 Å². The topological polar surface area (TPSA) is 35.0 Å². The van der Waals surface area contributed by atoms with Gasteiger partial charge in [0.2, 0.25) is 0 Å². The standard InChI is InChI=1S/C10H10N2O.C2H6/c1-7-3-4-8-5-11-6-9(13-2)10(8)12-7;1-2/h3-6H,1-2H3;1-2H3. The second kappa shape index (κ2) is 5.29. The summed E-state index contributed by atoms with van der Waals surface area (Å²) >= 11 is 0. The Morgan fingerprint density at radius 1 is 1.13 bits per heavy atom. The van der Waals surface area contributed by atoms with Crippen molar-refractivity contribution in [3.63, 3.8) is 0 Å². The van der Waals surface area contributed by atoms with Crippen molar-refractivity contribution in [2.24, 2.45) is 0 Å². The van der Waals surface area contributed by atoms with Gasteiger partial charge in [0.05, 0.1) is 13.3 Å². The fourth-order valence-corrected chi connectivity index (χ4v) is 1.26. The van der Waals surface area contributed by atoms with Gasteiger partial charge in [0.1, 0.15) is 5.52 Å². The molecule has 0 spiro atoms. The van der Waals surface area contributed by atoms with Crippen molar-refractivity contribution in [2.45, 2.75) is 20.8 Å². The van der Waals surface area contributed by atoms with Crippen molar-refractivity contribution in [2.75, 3.05) is 7.11 Å². The van der Waals surface area contributed by atoms with E-state index in [4.69, 9.17) is 4.74 Å². The Balaban J connectivity index is 0.000000531. The summed E-state index contributed by atoms with van der Waals surface area (Å²) in [7, 11) is 1.63. The maximum absolute atomic E-state index is 5.16. The second-order valence-corrected chi connectivity index (χ2v) is 2.87. The highest BCUT2D eigenvalue weighted by molar-refractivity contribution is 5.83. The lowest BCUT2D eigenvalue weighted by atomic mass is 10.2. The van der Waals surface area contributed by atoms with Crippen molar-refractivity contribution < 1.29 is 4.74 Å². The average Bonchev–Trinajstić information content (AvgIpc) is 2.31. The molecule has 2 aromatic rings. The number of rotatable bonds is 1. The minimum absolute atomic E-state index is 0.723. The van der Waals surface area contributed by atoms with Gasteiger partial charge < -0.3 is 4.74 Å². The van der Waals surface area contributed by atoms with Crippen LogP contribution in [0.4, 0.5) is 0 Å². The van der Waals surface area contributed by atoms with E-state index in [2.05, 4.69) is 9.97 Å². The van der Waals surface area contributed by atoms with Gasteiger partial charge >= 0.3 is 0 Å². The summed E-state index contributed by atoms with van der Waals surface area (Å²) in [5, 5.41) is 1.00. The van der Waals surface area contributed by atoms with Crippen LogP contribution in [0, 0.1) is 6.92 Å². The Kier molecular flexibility index (Phi) is 4.03. The minimum Gasteiger partial charge on any atom is -0.493 e. The summed E-state index contributed by atoms with van der Waals surface area (Å²) in [5.41, 5.74) is 1.86. The van der Waals surface area contributed by atoms with Gasteiger partial charge in [-0.1, -0.05) is 13.8 Å². The largest absolute Gasteiger partial charge is 0.493 e. The van der Waals surface area contributed by atoms with Crippen LogP contribution in [0.25, 0.3) is 10.9 Å². The van der Waals surface area contributed by atoms with Crippen LogP contribution in [0.1, 0.15) is 19.5 Å². The van der Waals surface area contributed by atoms with Gasteiger partial charge in [-0.05, 0) is 19.1 Å². The normalized spacial score (nSPS) is 9.33. The van der Waals surface area contributed by atoms with Crippen LogP contribution >= 0.6 is 0 Å². The molecular weight excluding hydrogens is 188 g/mol. The lowest BCUT2D eigenvalue weighted by molar-refractivity contribution is 0.417. The van der Waals surface area contributed by atoms with E-state index in [1.807, 2.05) is 32.9 Å². The molecule has 0 aliphatic heterocycles. The second-order valence-electron chi connectivity index (χ2n) is 2.87. The summed E-state index contributed by atoms with van der Waals surface area (Å²) in [6.45, 7) is 5.96. The summed E-state index contributed by atoms with van der Waals surface area (Å²) in [6, 6.07) is 3.96. The molecular formula is C12H16N2O. The highest BCUT2D eigenvalue weighted by atomic mass is 16.5. The van der Waals surface area contributed by atoms with E-state index in [1.54, 1.807) is 19.5 Å². The molecule has 80 valence electrons. The highest BCUT2D eigenvalue weighted by Gasteiger charge is 2.02. The summed E-state index contributed by atoms with van der Waals surface area (Å²) in [6.07, 6.45) is 3.46. The van der Waals surface area contributed by atoms with Crippen molar-refractivity contribution in [1.29, 1.82) is 0 Å². The van der Waals surface area contributed by atoms with Crippen LogP contribution in [-0.4, -0.2) is 17.1 Å². The molecule has 0 radical (unpaired) electrons. The van der Waals surface area contributed by atoms with Crippen LogP contribution in [-0.2, 0) is 0 Å². The van der Waals surface area contributed by atoms with Crippen LogP contribution < -0.4 is 4.74 Å². The molecule has 0 aromatic carbocycles. The Morgan fingerprint density at radius 3 is 2.53 bits per heavy atom. The highest BCUT2D eigenvalue weighted by Crippen LogP contribution is 2.21. The third-order valence-electron chi connectivity index (χ3n) is 1.92. The minimum atomic E-state index is 0.723. The molecule has 3 nitrogen and oxygen atoms in total. The Hall–Kier alpha value is -1.64. The molecule has 0 saturated heterocycles. The smallest absolute Gasteiger partial charge is 0.163 e. The van der Waals surface area contributed by atoms with Crippen molar-refractivity contribution >= 4 is 10.9 Å². The molecule has 2 aromatic heterocycles. The van der Waals surface area contributed by atoms with Gasteiger partial charge in [-0.2, -0.15) is 0 Å². The lowest BCUT2D eigenvalue weighted by Gasteiger charge is -2.03. The van der Waals surface area contributed by atoms with Crippen LogP contribution in [0.15, 0.2) is 24.5 Å². The number of methoxy groups -OCH3 is 1. The van der Waals surface area contributed by atoms with Gasteiger partial charge in [-0.15, -0.1) is 0 Å². The van der Waals surface area contributed by atoms with E-state index in [-0.39, 0.29) is 0 Å².